The van der Waals surface area contributed by atoms with Crippen LogP contribution in [0.15, 0.2) is 35.4 Å². The Kier molecular flexibility index (Phi) is 4.69. The van der Waals surface area contributed by atoms with Crippen molar-refractivity contribution in [3.8, 4) is 11.1 Å². The first kappa shape index (κ1) is 20.2. The molecular formula is C22H23FN4O3. The predicted molar refractivity (Wildman–Crippen MR) is 112 cm³/mol. The lowest BCUT2D eigenvalue weighted by molar-refractivity contribution is -0.117. The minimum Gasteiger partial charge on any atom is -0.384 e. The second kappa shape index (κ2) is 6.98. The second-order valence-corrected chi connectivity index (χ2v) is 8.34. The molecule has 0 bridgehead atoms. The van der Waals surface area contributed by atoms with E-state index in [2.05, 4.69) is 15.3 Å². The number of alkyl halides is 1. The monoisotopic (exact) mass is 410 g/mol. The van der Waals surface area contributed by atoms with Crippen LogP contribution >= 0.6 is 0 Å². The third-order valence-electron chi connectivity index (χ3n) is 5.44. The Hall–Kier alpha value is -3.13. The van der Waals surface area contributed by atoms with Crippen molar-refractivity contribution in [1.82, 2.24) is 14.5 Å². The average Bonchev–Trinajstić information content (AvgIpc) is 3.41. The van der Waals surface area contributed by atoms with Gasteiger partial charge in [0.25, 0.3) is 5.56 Å². The Balaban J connectivity index is 1.74. The maximum Gasteiger partial charge on any atom is 0.258 e. The number of aryl methyl sites for hydroxylation is 2. The topological polar surface area (TPSA) is 97.1 Å². The number of nitrogens with one attached hydrogen (secondary N) is 1. The van der Waals surface area contributed by atoms with E-state index in [1.54, 1.807) is 51.5 Å². The van der Waals surface area contributed by atoms with Crippen LogP contribution in [-0.4, -0.2) is 31.7 Å². The molecule has 2 unspecified atom stereocenters. The van der Waals surface area contributed by atoms with Gasteiger partial charge in [0.1, 0.15) is 17.6 Å². The number of halogens is 1. The number of hydrogen-bond acceptors (Lipinski definition) is 5. The van der Waals surface area contributed by atoms with E-state index >= 15 is 0 Å². The fourth-order valence-corrected chi connectivity index (χ4v) is 3.45. The van der Waals surface area contributed by atoms with E-state index in [0.29, 0.717) is 27.7 Å². The van der Waals surface area contributed by atoms with Crippen LogP contribution in [-0.2, 0) is 17.4 Å². The fourth-order valence-electron chi connectivity index (χ4n) is 3.45. The van der Waals surface area contributed by atoms with Gasteiger partial charge in [-0.1, -0.05) is 0 Å². The van der Waals surface area contributed by atoms with Crippen molar-refractivity contribution < 1.29 is 14.3 Å². The predicted octanol–water partition coefficient (Wildman–Crippen LogP) is 2.83. The van der Waals surface area contributed by atoms with Gasteiger partial charge in [-0.3, -0.25) is 14.6 Å². The molecule has 0 saturated heterocycles. The van der Waals surface area contributed by atoms with Crippen LogP contribution in [0.4, 0.5) is 10.2 Å². The van der Waals surface area contributed by atoms with Crippen molar-refractivity contribution in [2.24, 2.45) is 13.0 Å². The summed E-state index contributed by atoms with van der Waals surface area (Å²) in [6.07, 6.45) is 2.32. The van der Waals surface area contributed by atoms with Crippen LogP contribution in [0.3, 0.4) is 0 Å². The molecule has 2 N–H and O–H groups in total. The van der Waals surface area contributed by atoms with E-state index in [0.717, 1.165) is 5.56 Å². The lowest BCUT2D eigenvalue weighted by Gasteiger charge is -2.18. The van der Waals surface area contributed by atoms with Gasteiger partial charge in [-0.15, -0.1) is 0 Å². The Morgan fingerprint density at radius 1 is 1.23 bits per heavy atom. The Labute approximate surface area is 172 Å². The van der Waals surface area contributed by atoms with E-state index < -0.39 is 23.6 Å². The summed E-state index contributed by atoms with van der Waals surface area (Å²) in [6, 6.07) is 5.12. The third kappa shape index (κ3) is 3.59. The molecular weight excluding hydrogens is 387 g/mol. The molecule has 0 aromatic carbocycles. The molecule has 0 radical (unpaired) electrons. The van der Waals surface area contributed by atoms with Gasteiger partial charge in [0.15, 0.2) is 0 Å². The molecule has 3 aromatic rings. The van der Waals surface area contributed by atoms with Crippen molar-refractivity contribution in [3.05, 3.63) is 52.2 Å². The number of carbonyl (C=O) groups excluding carboxylic acids is 1. The summed E-state index contributed by atoms with van der Waals surface area (Å²) in [5.74, 6) is -0.734. The largest absolute Gasteiger partial charge is 0.384 e. The van der Waals surface area contributed by atoms with Gasteiger partial charge in [0.05, 0.1) is 17.1 Å². The van der Waals surface area contributed by atoms with Crippen molar-refractivity contribution in [3.63, 3.8) is 0 Å². The smallest absolute Gasteiger partial charge is 0.258 e. The first-order valence-corrected chi connectivity index (χ1v) is 9.71. The van der Waals surface area contributed by atoms with Crippen LogP contribution in [0.1, 0.15) is 31.5 Å². The molecule has 156 valence electrons. The first-order chi connectivity index (χ1) is 14.1. The van der Waals surface area contributed by atoms with Crippen LogP contribution in [0.2, 0.25) is 0 Å². The van der Waals surface area contributed by atoms with Crippen molar-refractivity contribution in [1.29, 1.82) is 0 Å². The molecule has 4 rings (SSSR count). The standard InChI is InChI=1S/C22H23FN4O3/c1-11-5-18(22(2,3)30)24-10-15(11)13-6-12-9-25-19(8-17(12)27(4)21(13)29)26-20(28)14-7-16(14)23/h5-6,8-10,14,16,30H,7H2,1-4H3,(H,25,26,28). The summed E-state index contributed by atoms with van der Waals surface area (Å²) >= 11 is 0. The van der Waals surface area contributed by atoms with E-state index in [9.17, 15) is 19.1 Å². The lowest BCUT2D eigenvalue weighted by Crippen LogP contribution is -2.21. The summed E-state index contributed by atoms with van der Waals surface area (Å²) < 4.78 is 14.6. The number of aliphatic hydroxyl groups is 1. The molecule has 0 aliphatic heterocycles. The Bertz CT molecular complexity index is 1230. The Morgan fingerprint density at radius 3 is 2.53 bits per heavy atom. The number of carbonyl (C=O) groups is 1. The van der Waals surface area contributed by atoms with E-state index in [-0.39, 0.29) is 17.8 Å². The fraction of sp³-hybridized carbons (Fsp3) is 0.364. The molecule has 1 saturated carbocycles. The number of nitrogens with zero attached hydrogens (tertiary/aromatic N) is 3. The normalized spacial score (nSPS) is 18.5. The number of pyridine rings is 3. The maximum absolute atomic E-state index is 13.1. The zero-order valence-corrected chi connectivity index (χ0v) is 17.2. The van der Waals surface area contributed by atoms with Crippen molar-refractivity contribution in [2.45, 2.75) is 39.0 Å². The molecule has 1 aliphatic rings. The summed E-state index contributed by atoms with van der Waals surface area (Å²) in [4.78, 5) is 33.6. The maximum atomic E-state index is 13.1. The molecule has 7 nitrogen and oxygen atoms in total. The lowest BCUT2D eigenvalue weighted by atomic mass is 9.98. The number of hydrogen-bond donors (Lipinski definition) is 2. The minimum absolute atomic E-state index is 0.224. The van der Waals surface area contributed by atoms with Crippen molar-refractivity contribution in [2.75, 3.05) is 5.32 Å². The van der Waals surface area contributed by atoms with E-state index in [1.165, 1.54) is 4.57 Å². The highest BCUT2D eigenvalue weighted by atomic mass is 19.1. The van der Waals surface area contributed by atoms with Crippen LogP contribution in [0, 0.1) is 12.8 Å². The quantitative estimate of drug-likeness (QED) is 0.689. The molecule has 1 amide bonds. The third-order valence-corrected chi connectivity index (χ3v) is 5.44. The van der Waals surface area contributed by atoms with Crippen LogP contribution in [0.5, 0.6) is 0 Å². The zero-order valence-electron chi connectivity index (χ0n) is 17.2. The second-order valence-electron chi connectivity index (χ2n) is 8.34. The summed E-state index contributed by atoms with van der Waals surface area (Å²) in [6.45, 7) is 5.17. The molecule has 3 aromatic heterocycles. The molecule has 3 heterocycles. The Morgan fingerprint density at radius 2 is 1.93 bits per heavy atom. The SMILES string of the molecule is Cc1cc(C(C)(C)O)ncc1-c1cc2cnc(NC(=O)C3CC3F)cc2n(C)c1=O. The number of rotatable bonds is 4. The molecule has 8 heteroatoms. The van der Waals surface area contributed by atoms with Gasteiger partial charge in [-0.25, -0.2) is 9.37 Å². The first-order valence-electron chi connectivity index (χ1n) is 9.71. The summed E-state index contributed by atoms with van der Waals surface area (Å²) in [7, 11) is 1.65. The van der Waals surface area contributed by atoms with E-state index in [4.69, 9.17) is 0 Å². The number of fused-ring (bicyclic) bond motifs is 1. The molecule has 1 fully saturated rings. The van der Waals surface area contributed by atoms with Gasteiger partial charge in [-0.2, -0.15) is 0 Å². The van der Waals surface area contributed by atoms with Crippen molar-refractivity contribution >= 4 is 22.6 Å². The number of aromatic nitrogens is 3. The average molecular weight is 410 g/mol. The van der Waals surface area contributed by atoms with Crippen LogP contribution < -0.4 is 10.9 Å². The van der Waals surface area contributed by atoms with Gasteiger partial charge < -0.3 is 15.0 Å². The highest BCUT2D eigenvalue weighted by molar-refractivity contribution is 5.95. The molecule has 30 heavy (non-hydrogen) atoms. The summed E-state index contributed by atoms with van der Waals surface area (Å²) in [5, 5.41) is 13.5. The number of amides is 1. The van der Waals surface area contributed by atoms with Gasteiger partial charge >= 0.3 is 0 Å². The van der Waals surface area contributed by atoms with Gasteiger partial charge in [0.2, 0.25) is 5.91 Å². The van der Waals surface area contributed by atoms with Gasteiger partial charge in [0, 0.05) is 42.0 Å². The zero-order chi connectivity index (χ0) is 21.8. The molecule has 0 spiro atoms. The summed E-state index contributed by atoms with van der Waals surface area (Å²) in [5.41, 5.74) is 1.78. The van der Waals surface area contributed by atoms with Crippen LogP contribution in [0.25, 0.3) is 22.0 Å². The minimum atomic E-state index is -1.09. The molecule has 1 aliphatic carbocycles. The number of anilines is 1. The van der Waals surface area contributed by atoms with E-state index in [1.807, 2.05) is 6.92 Å². The van der Waals surface area contributed by atoms with Gasteiger partial charge in [-0.05, 0) is 44.9 Å². The highest BCUT2D eigenvalue weighted by Gasteiger charge is 2.43. The molecule has 2 atom stereocenters. The highest BCUT2D eigenvalue weighted by Crippen LogP contribution is 2.34.